The predicted octanol–water partition coefficient (Wildman–Crippen LogP) is 3.85. The molecular formula is C13H27N. The molecule has 0 spiro atoms. The smallest absolute Gasteiger partial charge is 0.0382 e. The van der Waals surface area contributed by atoms with Gasteiger partial charge >= 0.3 is 0 Å². The van der Waals surface area contributed by atoms with Gasteiger partial charge in [-0.3, -0.25) is 4.90 Å². The molecule has 0 aliphatic heterocycles. The van der Waals surface area contributed by atoms with Crippen molar-refractivity contribution in [3.05, 3.63) is 12.2 Å². The third kappa shape index (κ3) is 3.45. The number of nitrogens with zero attached hydrogens (tertiary/aromatic N) is 1. The maximum atomic E-state index is 2.46. The molecule has 0 fully saturated rings. The van der Waals surface area contributed by atoms with Gasteiger partial charge in [-0.15, -0.1) is 0 Å². The molecule has 0 aromatic rings. The number of hydrogen-bond acceptors (Lipinski definition) is 1. The van der Waals surface area contributed by atoms with Crippen LogP contribution in [0.1, 0.15) is 53.4 Å². The lowest BCUT2D eigenvalue weighted by Gasteiger charge is -2.38. The monoisotopic (exact) mass is 197 g/mol. The van der Waals surface area contributed by atoms with Crippen LogP contribution in [0.4, 0.5) is 0 Å². The fourth-order valence-electron chi connectivity index (χ4n) is 1.94. The minimum absolute atomic E-state index is 0.296. The second-order valence-corrected chi connectivity index (χ2v) is 4.02. The van der Waals surface area contributed by atoms with E-state index in [0.29, 0.717) is 5.54 Å². The first-order valence-electron chi connectivity index (χ1n) is 6.05. The van der Waals surface area contributed by atoms with E-state index >= 15 is 0 Å². The maximum absolute atomic E-state index is 2.46. The van der Waals surface area contributed by atoms with Crippen molar-refractivity contribution < 1.29 is 0 Å². The Hall–Kier alpha value is -0.300. The molecule has 0 aromatic heterocycles. The molecule has 0 radical (unpaired) electrons. The molecule has 0 aliphatic rings. The number of hydrogen-bond donors (Lipinski definition) is 0. The molecule has 0 heterocycles. The highest BCUT2D eigenvalue weighted by molar-refractivity contribution is 5.05. The summed E-state index contributed by atoms with van der Waals surface area (Å²) in [5.41, 5.74) is 0.296. The summed E-state index contributed by atoms with van der Waals surface area (Å²) in [6, 6.07) is 0. The summed E-state index contributed by atoms with van der Waals surface area (Å²) in [5, 5.41) is 0. The third-order valence-electron chi connectivity index (χ3n) is 3.34. The Morgan fingerprint density at radius 3 is 2.00 bits per heavy atom. The van der Waals surface area contributed by atoms with Gasteiger partial charge in [-0.25, -0.2) is 0 Å². The molecular weight excluding hydrogens is 170 g/mol. The zero-order chi connectivity index (χ0) is 11.0. The second kappa shape index (κ2) is 7.05. The predicted molar refractivity (Wildman–Crippen MR) is 65.7 cm³/mol. The van der Waals surface area contributed by atoms with Gasteiger partial charge in [-0.2, -0.15) is 0 Å². The molecule has 0 N–H and O–H groups in total. The Balaban J connectivity index is 4.52. The van der Waals surface area contributed by atoms with E-state index in [1.807, 2.05) is 0 Å². The lowest BCUT2D eigenvalue weighted by molar-refractivity contribution is 0.164. The average Bonchev–Trinajstić information content (AvgIpc) is 2.24. The minimum atomic E-state index is 0.296. The van der Waals surface area contributed by atoms with Gasteiger partial charge in [0.05, 0.1) is 0 Å². The van der Waals surface area contributed by atoms with Crippen LogP contribution in [0.15, 0.2) is 12.2 Å². The summed E-state index contributed by atoms with van der Waals surface area (Å²) in [6.07, 6.45) is 9.62. The van der Waals surface area contributed by atoms with E-state index in [1.165, 1.54) is 25.7 Å². The van der Waals surface area contributed by atoms with E-state index in [0.717, 1.165) is 6.54 Å². The molecule has 0 rings (SSSR count). The molecule has 0 saturated carbocycles. The summed E-state index contributed by atoms with van der Waals surface area (Å²) in [4.78, 5) is 2.46. The SMILES string of the molecule is CCCC=CC(CC)(CC)N(C)CC. The van der Waals surface area contributed by atoms with E-state index in [-0.39, 0.29) is 0 Å². The van der Waals surface area contributed by atoms with Crippen LogP contribution in [-0.4, -0.2) is 24.0 Å². The number of unbranched alkanes of at least 4 members (excludes halogenated alkanes) is 1. The van der Waals surface area contributed by atoms with Crippen LogP contribution in [0.2, 0.25) is 0 Å². The molecule has 0 aromatic carbocycles. The molecule has 0 amide bonds. The van der Waals surface area contributed by atoms with Gasteiger partial charge in [-0.05, 0) is 32.9 Å². The first-order chi connectivity index (χ1) is 6.66. The normalized spacial score (nSPS) is 13.0. The Morgan fingerprint density at radius 2 is 1.64 bits per heavy atom. The van der Waals surface area contributed by atoms with Crippen molar-refractivity contribution >= 4 is 0 Å². The highest BCUT2D eigenvalue weighted by Crippen LogP contribution is 2.24. The zero-order valence-corrected chi connectivity index (χ0v) is 10.6. The fraction of sp³-hybridized carbons (Fsp3) is 0.846. The molecule has 1 nitrogen and oxygen atoms in total. The number of rotatable bonds is 7. The van der Waals surface area contributed by atoms with Crippen molar-refractivity contribution in [3.63, 3.8) is 0 Å². The minimum Gasteiger partial charge on any atom is -0.298 e. The van der Waals surface area contributed by atoms with Gasteiger partial charge in [0.1, 0.15) is 0 Å². The van der Waals surface area contributed by atoms with Crippen molar-refractivity contribution in [3.8, 4) is 0 Å². The van der Waals surface area contributed by atoms with Gasteiger partial charge in [0, 0.05) is 5.54 Å². The largest absolute Gasteiger partial charge is 0.298 e. The van der Waals surface area contributed by atoms with Crippen molar-refractivity contribution in [2.24, 2.45) is 0 Å². The maximum Gasteiger partial charge on any atom is 0.0382 e. The number of allylic oxidation sites excluding steroid dienone is 1. The lowest BCUT2D eigenvalue weighted by Crippen LogP contribution is -2.43. The summed E-state index contributed by atoms with van der Waals surface area (Å²) < 4.78 is 0. The summed E-state index contributed by atoms with van der Waals surface area (Å²) in [6.45, 7) is 10.2. The van der Waals surface area contributed by atoms with Crippen molar-refractivity contribution in [2.75, 3.05) is 13.6 Å². The molecule has 0 bridgehead atoms. The van der Waals surface area contributed by atoms with Crippen LogP contribution >= 0.6 is 0 Å². The van der Waals surface area contributed by atoms with E-state index in [4.69, 9.17) is 0 Å². The second-order valence-electron chi connectivity index (χ2n) is 4.02. The summed E-state index contributed by atoms with van der Waals surface area (Å²) >= 11 is 0. The van der Waals surface area contributed by atoms with Crippen LogP contribution in [0.5, 0.6) is 0 Å². The van der Waals surface area contributed by atoms with Crippen molar-refractivity contribution in [2.45, 2.75) is 58.9 Å². The summed E-state index contributed by atoms with van der Waals surface area (Å²) in [7, 11) is 2.23. The summed E-state index contributed by atoms with van der Waals surface area (Å²) in [5.74, 6) is 0. The number of likely N-dealkylation sites (N-methyl/N-ethyl adjacent to an activating group) is 1. The molecule has 0 unspecified atom stereocenters. The fourth-order valence-corrected chi connectivity index (χ4v) is 1.94. The highest BCUT2D eigenvalue weighted by Gasteiger charge is 2.26. The topological polar surface area (TPSA) is 3.24 Å². The van der Waals surface area contributed by atoms with Gasteiger partial charge in [0.15, 0.2) is 0 Å². The van der Waals surface area contributed by atoms with Crippen LogP contribution in [0, 0.1) is 0 Å². The Bertz CT molecular complexity index is 157. The molecule has 14 heavy (non-hydrogen) atoms. The highest BCUT2D eigenvalue weighted by atomic mass is 15.2. The van der Waals surface area contributed by atoms with E-state index < -0.39 is 0 Å². The average molecular weight is 197 g/mol. The van der Waals surface area contributed by atoms with Crippen LogP contribution < -0.4 is 0 Å². The first kappa shape index (κ1) is 13.7. The third-order valence-corrected chi connectivity index (χ3v) is 3.34. The van der Waals surface area contributed by atoms with E-state index in [9.17, 15) is 0 Å². The molecule has 0 atom stereocenters. The van der Waals surface area contributed by atoms with E-state index in [2.05, 4.69) is 51.8 Å². The lowest BCUT2D eigenvalue weighted by atomic mass is 9.90. The van der Waals surface area contributed by atoms with Gasteiger partial charge < -0.3 is 0 Å². The van der Waals surface area contributed by atoms with Crippen molar-refractivity contribution in [1.82, 2.24) is 4.90 Å². The molecule has 84 valence electrons. The standard InChI is InChI=1S/C13H27N/c1-6-10-11-12-13(7-2,8-3)14(5)9-4/h11-12H,6-10H2,1-5H3. The molecule has 1 heteroatoms. The van der Waals surface area contributed by atoms with Crippen molar-refractivity contribution in [1.29, 1.82) is 0 Å². The van der Waals surface area contributed by atoms with Crippen LogP contribution in [0.3, 0.4) is 0 Å². The molecule has 0 saturated heterocycles. The quantitative estimate of drug-likeness (QED) is 0.560. The Morgan fingerprint density at radius 1 is 1.07 bits per heavy atom. The Labute approximate surface area is 90.2 Å². The zero-order valence-electron chi connectivity index (χ0n) is 10.6. The van der Waals surface area contributed by atoms with Gasteiger partial charge in [0.25, 0.3) is 0 Å². The van der Waals surface area contributed by atoms with Crippen LogP contribution in [0.25, 0.3) is 0 Å². The van der Waals surface area contributed by atoms with Gasteiger partial charge in [0.2, 0.25) is 0 Å². The van der Waals surface area contributed by atoms with Gasteiger partial charge in [-0.1, -0.05) is 46.3 Å². The van der Waals surface area contributed by atoms with E-state index in [1.54, 1.807) is 0 Å². The molecule has 0 aliphatic carbocycles. The first-order valence-corrected chi connectivity index (χ1v) is 6.05. The van der Waals surface area contributed by atoms with Crippen LogP contribution in [-0.2, 0) is 0 Å². The Kier molecular flexibility index (Phi) is 6.90.